The van der Waals surface area contributed by atoms with Crippen LogP contribution < -0.4 is 16.7 Å². The molecule has 0 aliphatic rings. The van der Waals surface area contributed by atoms with E-state index in [0.717, 1.165) is 18.5 Å². The predicted molar refractivity (Wildman–Crippen MR) is 68.6 cm³/mol. The van der Waals surface area contributed by atoms with Gasteiger partial charge < -0.3 is 21.0 Å². The van der Waals surface area contributed by atoms with Crippen LogP contribution in [-0.4, -0.2) is 27.4 Å². The van der Waals surface area contributed by atoms with Gasteiger partial charge in [-0.25, -0.2) is 9.78 Å². The molecule has 0 atom stereocenters. The zero-order chi connectivity index (χ0) is 13.0. The van der Waals surface area contributed by atoms with Gasteiger partial charge in [-0.05, 0) is 12.8 Å². The number of nitrogens with zero attached hydrogens (tertiary/aromatic N) is 1. The van der Waals surface area contributed by atoms with Crippen LogP contribution in [0.1, 0.15) is 22.6 Å². The van der Waals surface area contributed by atoms with Gasteiger partial charge in [-0.2, -0.15) is 0 Å². The highest BCUT2D eigenvalue weighted by Crippen LogP contribution is 2.12. The van der Waals surface area contributed by atoms with Crippen molar-refractivity contribution in [2.75, 3.05) is 12.3 Å². The topological polar surface area (TPSA) is 117 Å². The first-order valence-corrected chi connectivity index (χ1v) is 6.29. The second kappa shape index (κ2) is 5.50. The van der Waals surface area contributed by atoms with Crippen molar-refractivity contribution in [2.45, 2.75) is 12.8 Å². The van der Waals surface area contributed by atoms with E-state index < -0.39 is 5.69 Å². The van der Waals surface area contributed by atoms with E-state index in [1.807, 2.05) is 5.38 Å². The van der Waals surface area contributed by atoms with Gasteiger partial charge in [-0.3, -0.25) is 4.79 Å². The summed E-state index contributed by atoms with van der Waals surface area (Å²) in [5, 5.41) is 5.16. The molecule has 0 aliphatic carbocycles. The van der Waals surface area contributed by atoms with Gasteiger partial charge in [0.1, 0.15) is 5.69 Å². The van der Waals surface area contributed by atoms with Gasteiger partial charge in [0.05, 0.1) is 5.69 Å². The number of thiazole rings is 1. The lowest BCUT2D eigenvalue weighted by Gasteiger charge is -2.01. The first-order valence-electron chi connectivity index (χ1n) is 5.41. The zero-order valence-electron chi connectivity index (χ0n) is 9.53. The third-order valence-electron chi connectivity index (χ3n) is 2.31. The standard InChI is InChI=1S/C10H13N5O2S/c11-9-14-6(5-18-9)2-1-3-12-8(16)7-4-13-10(17)15-7/h4-5H,1-3H2,(H2,11,14)(H,12,16)(H2,13,15,17). The van der Waals surface area contributed by atoms with E-state index in [1.54, 1.807) is 0 Å². The molecule has 0 bridgehead atoms. The molecule has 1 amide bonds. The fourth-order valence-corrected chi connectivity index (χ4v) is 2.06. The molecule has 0 spiro atoms. The Morgan fingerprint density at radius 2 is 2.39 bits per heavy atom. The number of imidazole rings is 1. The van der Waals surface area contributed by atoms with Crippen LogP contribution in [0.4, 0.5) is 5.13 Å². The molecule has 2 aromatic heterocycles. The van der Waals surface area contributed by atoms with E-state index in [1.165, 1.54) is 17.5 Å². The number of hydrogen-bond donors (Lipinski definition) is 4. The van der Waals surface area contributed by atoms with Gasteiger partial charge >= 0.3 is 5.69 Å². The van der Waals surface area contributed by atoms with Gasteiger partial charge in [-0.1, -0.05) is 0 Å². The van der Waals surface area contributed by atoms with Gasteiger partial charge in [0.25, 0.3) is 5.91 Å². The molecule has 0 unspecified atom stereocenters. The van der Waals surface area contributed by atoms with Crippen molar-refractivity contribution >= 4 is 22.4 Å². The average Bonchev–Trinajstić information content (AvgIpc) is 2.93. The lowest BCUT2D eigenvalue weighted by Crippen LogP contribution is -2.25. The van der Waals surface area contributed by atoms with E-state index in [0.29, 0.717) is 11.7 Å². The summed E-state index contributed by atoms with van der Waals surface area (Å²) in [7, 11) is 0. The number of nitrogen functional groups attached to an aromatic ring is 1. The molecule has 2 heterocycles. The quantitative estimate of drug-likeness (QED) is 0.575. The van der Waals surface area contributed by atoms with Crippen LogP contribution in [0.5, 0.6) is 0 Å². The minimum absolute atomic E-state index is 0.234. The number of nitrogens with two attached hydrogens (primary N) is 1. The zero-order valence-corrected chi connectivity index (χ0v) is 10.3. The second-order valence-corrected chi connectivity index (χ2v) is 4.58. The molecule has 0 aliphatic heterocycles. The summed E-state index contributed by atoms with van der Waals surface area (Å²) in [6.45, 7) is 0.517. The summed E-state index contributed by atoms with van der Waals surface area (Å²) in [4.78, 5) is 31.2. The molecule has 0 saturated heterocycles. The monoisotopic (exact) mass is 267 g/mol. The van der Waals surface area contributed by atoms with Gasteiger partial charge in [0, 0.05) is 18.1 Å². The molecule has 0 radical (unpaired) electrons. The summed E-state index contributed by atoms with van der Waals surface area (Å²) in [6, 6.07) is 0. The molecule has 8 heteroatoms. The molecule has 96 valence electrons. The van der Waals surface area contributed by atoms with Crippen LogP contribution in [0, 0.1) is 0 Å². The molecule has 2 rings (SSSR count). The van der Waals surface area contributed by atoms with E-state index in [2.05, 4.69) is 20.3 Å². The molecule has 0 fully saturated rings. The maximum atomic E-state index is 11.5. The smallest absolute Gasteiger partial charge is 0.323 e. The van der Waals surface area contributed by atoms with Crippen LogP contribution >= 0.6 is 11.3 Å². The molecule has 5 N–H and O–H groups in total. The maximum Gasteiger partial charge on any atom is 0.323 e. The van der Waals surface area contributed by atoms with Crippen LogP contribution in [0.25, 0.3) is 0 Å². The van der Waals surface area contributed by atoms with Crippen molar-refractivity contribution in [1.82, 2.24) is 20.3 Å². The Balaban J connectivity index is 1.72. The number of amides is 1. The summed E-state index contributed by atoms with van der Waals surface area (Å²) < 4.78 is 0. The Labute approximate surface area is 106 Å². The highest BCUT2D eigenvalue weighted by Gasteiger charge is 2.06. The minimum Gasteiger partial charge on any atom is -0.375 e. The highest BCUT2D eigenvalue weighted by atomic mass is 32.1. The van der Waals surface area contributed by atoms with E-state index >= 15 is 0 Å². The Morgan fingerprint density at radius 3 is 3.00 bits per heavy atom. The van der Waals surface area contributed by atoms with Crippen LogP contribution in [0.15, 0.2) is 16.4 Å². The normalized spacial score (nSPS) is 10.4. The molecular weight excluding hydrogens is 254 g/mol. The number of aryl methyl sites for hydroxylation is 1. The number of carbonyl (C=O) groups excluding carboxylic acids is 1. The number of H-pyrrole nitrogens is 2. The van der Waals surface area contributed by atoms with Gasteiger partial charge in [-0.15, -0.1) is 11.3 Å². The number of aromatic amines is 2. The number of aromatic nitrogens is 3. The highest BCUT2D eigenvalue weighted by molar-refractivity contribution is 7.13. The van der Waals surface area contributed by atoms with Crippen molar-refractivity contribution in [3.05, 3.63) is 33.4 Å². The summed E-state index contributed by atoms with van der Waals surface area (Å²) >= 11 is 1.40. The SMILES string of the molecule is Nc1nc(CCCNC(=O)c2c[nH]c(=O)[nH]2)cs1. The minimum atomic E-state index is -0.391. The van der Waals surface area contributed by atoms with Crippen molar-refractivity contribution in [3.63, 3.8) is 0 Å². The summed E-state index contributed by atoms with van der Waals surface area (Å²) in [5.74, 6) is -0.300. The Bertz CT molecular complexity index is 585. The lowest BCUT2D eigenvalue weighted by molar-refractivity contribution is 0.0948. The fraction of sp³-hybridized carbons (Fsp3) is 0.300. The number of hydrogen-bond acceptors (Lipinski definition) is 5. The van der Waals surface area contributed by atoms with Gasteiger partial charge in [0.15, 0.2) is 5.13 Å². The van der Waals surface area contributed by atoms with Crippen molar-refractivity contribution < 1.29 is 4.79 Å². The molecule has 7 nitrogen and oxygen atoms in total. The van der Waals surface area contributed by atoms with Crippen molar-refractivity contribution in [1.29, 1.82) is 0 Å². The van der Waals surface area contributed by atoms with Gasteiger partial charge in [0.2, 0.25) is 0 Å². The lowest BCUT2D eigenvalue weighted by atomic mass is 10.2. The van der Waals surface area contributed by atoms with Crippen LogP contribution in [0.3, 0.4) is 0 Å². The first-order chi connectivity index (χ1) is 8.65. The van der Waals surface area contributed by atoms with Crippen molar-refractivity contribution in [2.24, 2.45) is 0 Å². The third-order valence-corrected chi connectivity index (χ3v) is 3.03. The third kappa shape index (κ3) is 3.20. The number of anilines is 1. The largest absolute Gasteiger partial charge is 0.375 e. The fourth-order valence-electron chi connectivity index (χ4n) is 1.46. The Morgan fingerprint density at radius 1 is 1.56 bits per heavy atom. The number of carbonyl (C=O) groups is 1. The molecule has 2 aromatic rings. The molecule has 0 saturated carbocycles. The van der Waals surface area contributed by atoms with E-state index in [9.17, 15) is 9.59 Å². The molecular formula is C10H13N5O2S. The molecule has 18 heavy (non-hydrogen) atoms. The predicted octanol–water partition coefficient (Wildman–Crippen LogP) is 0.104. The summed E-state index contributed by atoms with van der Waals surface area (Å²) in [6.07, 6.45) is 2.88. The second-order valence-electron chi connectivity index (χ2n) is 3.69. The van der Waals surface area contributed by atoms with E-state index in [4.69, 9.17) is 5.73 Å². The Kier molecular flexibility index (Phi) is 3.78. The molecule has 0 aromatic carbocycles. The van der Waals surface area contributed by atoms with E-state index in [-0.39, 0.29) is 11.6 Å². The van der Waals surface area contributed by atoms with Crippen LogP contribution in [-0.2, 0) is 6.42 Å². The summed E-state index contributed by atoms with van der Waals surface area (Å²) in [5.41, 5.74) is 6.29. The van der Waals surface area contributed by atoms with Crippen LogP contribution in [0.2, 0.25) is 0 Å². The number of nitrogens with one attached hydrogen (secondary N) is 3. The number of rotatable bonds is 5. The Hall–Kier alpha value is -2.09. The average molecular weight is 267 g/mol. The maximum absolute atomic E-state index is 11.5. The van der Waals surface area contributed by atoms with Crippen molar-refractivity contribution in [3.8, 4) is 0 Å². The first kappa shape index (κ1) is 12.4.